The minimum absolute atomic E-state index is 0. The number of hydrogen-bond acceptors (Lipinski definition) is 4. The SMILES string of the molecule is COc1ccc(CN(C)C(=O)C(C)N2CCCC(C(=O)O)C2)cc1F.Cl. The van der Waals surface area contributed by atoms with E-state index in [1.54, 1.807) is 20.0 Å². The van der Waals surface area contributed by atoms with E-state index < -0.39 is 23.7 Å². The van der Waals surface area contributed by atoms with Crippen molar-refractivity contribution in [2.24, 2.45) is 5.92 Å². The minimum Gasteiger partial charge on any atom is -0.494 e. The van der Waals surface area contributed by atoms with E-state index in [0.717, 1.165) is 6.42 Å². The van der Waals surface area contributed by atoms with Crippen molar-refractivity contribution in [3.05, 3.63) is 29.6 Å². The Kier molecular flexibility index (Phi) is 8.30. The van der Waals surface area contributed by atoms with Crippen molar-refractivity contribution >= 4 is 24.3 Å². The number of nitrogens with zero attached hydrogens (tertiary/aromatic N) is 2. The number of ether oxygens (including phenoxy) is 1. The van der Waals surface area contributed by atoms with Crippen molar-refractivity contribution in [1.29, 1.82) is 0 Å². The molecular formula is C18H26ClFN2O4. The molecule has 0 aliphatic carbocycles. The Labute approximate surface area is 159 Å². The van der Waals surface area contributed by atoms with E-state index in [4.69, 9.17) is 4.74 Å². The maximum absolute atomic E-state index is 13.8. The summed E-state index contributed by atoms with van der Waals surface area (Å²) < 4.78 is 18.7. The van der Waals surface area contributed by atoms with Crippen LogP contribution < -0.4 is 4.74 Å². The molecule has 1 N–H and O–H groups in total. The summed E-state index contributed by atoms with van der Waals surface area (Å²) in [7, 11) is 3.07. The van der Waals surface area contributed by atoms with Gasteiger partial charge < -0.3 is 14.7 Å². The van der Waals surface area contributed by atoms with E-state index in [1.165, 1.54) is 24.1 Å². The molecule has 1 aromatic carbocycles. The molecule has 1 amide bonds. The third kappa shape index (κ3) is 5.32. The van der Waals surface area contributed by atoms with Crippen LogP contribution in [-0.2, 0) is 16.1 Å². The fourth-order valence-corrected chi connectivity index (χ4v) is 3.19. The van der Waals surface area contributed by atoms with Crippen LogP contribution in [0.3, 0.4) is 0 Å². The molecule has 0 radical (unpaired) electrons. The molecule has 1 heterocycles. The van der Waals surface area contributed by atoms with Crippen molar-refractivity contribution in [2.45, 2.75) is 32.4 Å². The Morgan fingerprint density at radius 3 is 2.73 bits per heavy atom. The highest BCUT2D eigenvalue weighted by atomic mass is 35.5. The molecule has 2 rings (SSSR count). The maximum Gasteiger partial charge on any atom is 0.307 e. The van der Waals surface area contributed by atoms with Crippen molar-refractivity contribution < 1.29 is 23.8 Å². The van der Waals surface area contributed by atoms with Gasteiger partial charge in [-0.25, -0.2) is 4.39 Å². The molecule has 1 saturated heterocycles. The molecule has 0 aromatic heterocycles. The normalized spacial score (nSPS) is 18.5. The Hall–Kier alpha value is -1.86. The maximum atomic E-state index is 13.8. The molecule has 0 saturated carbocycles. The number of carboxylic acid groups (broad SMARTS) is 1. The van der Waals surface area contributed by atoms with Gasteiger partial charge in [0.05, 0.1) is 19.1 Å². The summed E-state index contributed by atoms with van der Waals surface area (Å²) in [6, 6.07) is 4.20. The quantitative estimate of drug-likeness (QED) is 0.810. The zero-order valence-electron chi connectivity index (χ0n) is 15.3. The molecular weight excluding hydrogens is 363 g/mol. The average Bonchev–Trinajstić information content (AvgIpc) is 2.60. The number of rotatable bonds is 6. The van der Waals surface area contributed by atoms with Crippen LogP contribution >= 0.6 is 12.4 Å². The van der Waals surface area contributed by atoms with Gasteiger partial charge in [0.15, 0.2) is 11.6 Å². The lowest BCUT2D eigenvalue weighted by Crippen LogP contribution is -2.50. The largest absolute Gasteiger partial charge is 0.494 e. The molecule has 26 heavy (non-hydrogen) atoms. The number of hydrogen-bond donors (Lipinski definition) is 1. The number of halogens is 2. The molecule has 8 heteroatoms. The van der Waals surface area contributed by atoms with Gasteiger partial charge in [-0.3, -0.25) is 14.5 Å². The molecule has 2 unspecified atom stereocenters. The summed E-state index contributed by atoms with van der Waals surface area (Å²) in [5.41, 5.74) is 0.670. The summed E-state index contributed by atoms with van der Waals surface area (Å²) in [6.45, 7) is 3.16. The van der Waals surface area contributed by atoms with Crippen LogP contribution in [0.5, 0.6) is 5.75 Å². The number of carbonyl (C=O) groups is 2. The van der Waals surface area contributed by atoms with Gasteiger partial charge in [0.1, 0.15) is 0 Å². The number of methoxy groups -OCH3 is 1. The van der Waals surface area contributed by atoms with Crippen molar-refractivity contribution in [3.63, 3.8) is 0 Å². The van der Waals surface area contributed by atoms with Crippen LogP contribution in [0, 0.1) is 11.7 Å². The van der Waals surface area contributed by atoms with Crippen LogP contribution in [0.15, 0.2) is 18.2 Å². The fraction of sp³-hybridized carbons (Fsp3) is 0.556. The standard InChI is InChI=1S/C18H25FN2O4.ClH/c1-12(21-8-4-5-14(11-21)18(23)24)17(22)20(2)10-13-6-7-16(25-3)15(19)9-13;/h6-7,9,12,14H,4-5,8,10-11H2,1-3H3,(H,23,24);1H. The van der Waals surface area contributed by atoms with Crippen LogP contribution in [0.1, 0.15) is 25.3 Å². The van der Waals surface area contributed by atoms with Gasteiger partial charge in [0.2, 0.25) is 5.91 Å². The number of benzene rings is 1. The number of aliphatic carboxylic acids is 1. The number of amides is 1. The van der Waals surface area contributed by atoms with Gasteiger partial charge in [0.25, 0.3) is 0 Å². The molecule has 0 spiro atoms. The van der Waals surface area contributed by atoms with Crippen LogP contribution in [0.2, 0.25) is 0 Å². The number of piperidine rings is 1. The van der Waals surface area contributed by atoms with E-state index >= 15 is 0 Å². The molecule has 2 atom stereocenters. The smallest absolute Gasteiger partial charge is 0.307 e. The topological polar surface area (TPSA) is 70.1 Å². The van der Waals surface area contributed by atoms with Crippen molar-refractivity contribution in [1.82, 2.24) is 9.80 Å². The minimum atomic E-state index is -0.814. The average molecular weight is 389 g/mol. The molecule has 1 fully saturated rings. The first-order valence-electron chi connectivity index (χ1n) is 8.37. The van der Waals surface area contributed by atoms with E-state index in [2.05, 4.69) is 0 Å². The van der Waals surface area contributed by atoms with E-state index in [9.17, 15) is 19.1 Å². The molecule has 1 aromatic rings. The predicted molar refractivity (Wildman–Crippen MR) is 98.1 cm³/mol. The van der Waals surface area contributed by atoms with Gasteiger partial charge in [0, 0.05) is 20.1 Å². The third-order valence-electron chi connectivity index (χ3n) is 4.72. The lowest BCUT2D eigenvalue weighted by molar-refractivity contribution is -0.146. The van der Waals surface area contributed by atoms with Crippen LogP contribution in [0.25, 0.3) is 0 Å². The monoisotopic (exact) mass is 388 g/mol. The number of likely N-dealkylation sites (N-methyl/N-ethyl adjacent to an activating group) is 1. The Balaban J connectivity index is 0.00000338. The molecule has 1 aliphatic rings. The third-order valence-corrected chi connectivity index (χ3v) is 4.72. The van der Waals surface area contributed by atoms with Gasteiger partial charge in [-0.1, -0.05) is 6.07 Å². The zero-order valence-corrected chi connectivity index (χ0v) is 16.1. The summed E-state index contributed by atoms with van der Waals surface area (Å²) in [5.74, 6) is -1.65. The predicted octanol–water partition coefficient (Wildman–Crippen LogP) is 2.40. The Bertz CT molecular complexity index is 644. The van der Waals surface area contributed by atoms with Gasteiger partial charge >= 0.3 is 5.97 Å². The number of carboxylic acids is 1. The summed E-state index contributed by atoms with van der Waals surface area (Å²) in [4.78, 5) is 27.3. The Morgan fingerprint density at radius 1 is 1.46 bits per heavy atom. The van der Waals surface area contributed by atoms with E-state index in [1.807, 2.05) is 4.90 Å². The second-order valence-corrected chi connectivity index (χ2v) is 6.51. The van der Waals surface area contributed by atoms with Crippen LogP contribution in [0.4, 0.5) is 4.39 Å². The first-order valence-corrected chi connectivity index (χ1v) is 8.37. The fourth-order valence-electron chi connectivity index (χ4n) is 3.19. The lowest BCUT2D eigenvalue weighted by Gasteiger charge is -2.36. The molecule has 1 aliphatic heterocycles. The molecule has 0 bridgehead atoms. The van der Waals surface area contributed by atoms with Gasteiger partial charge in [-0.2, -0.15) is 0 Å². The highest BCUT2D eigenvalue weighted by molar-refractivity contribution is 5.85. The lowest BCUT2D eigenvalue weighted by atomic mass is 9.97. The van der Waals surface area contributed by atoms with Crippen molar-refractivity contribution in [3.8, 4) is 5.75 Å². The second-order valence-electron chi connectivity index (χ2n) is 6.51. The summed E-state index contributed by atoms with van der Waals surface area (Å²) in [6.07, 6.45) is 1.41. The number of carbonyl (C=O) groups excluding carboxylic acids is 1. The van der Waals surface area contributed by atoms with E-state index in [-0.39, 0.29) is 30.6 Å². The Morgan fingerprint density at radius 2 is 2.15 bits per heavy atom. The van der Waals surface area contributed by atoms with Crippen molar-refractivity contribution in [2.75, 3.05) is 27.2 Å². The van der Waals surface area contributed by atoms with Gasteiger partial charge in [-0.15, -0.1) is 12.4 Å². The second kappa shape index (κ2) is 9.73. The van der Waals surface area contributed by atoms with E-state index in [0.29, 0.717) is 25.1 Å². The van der Waals surface area contributed by atoms with Gasteiger partial charge in [-0.05, 0) is 44.0 Å². The summed E-state index contributed by atoms with van der Waals surface area (Å²) >= 11 is 0. The first-order chi connectivity index (χ1) is 11.8. The number of likely N-dealkylation sites (tertiary alicyclic amines) is 1. The van der Waals surface area contributed by atoms with Crippen LogP contribution in [-0.4, -0.2) is 60.1 Å². The zero-order chi connectivity index (χ0) is 18.6. The summed E-state index contributed by atoms with van der Waals surface area (Å²) in [5, 5.41) is 9.18. The molecule has 146 valence electrons. The highest BCUT2D eigenvalue weighted by Crippen LogP contribution is 2.21. The first kappa shape index (κ1) is 22.2. The molecule has 6 nitrogen and oxygen atoms in total. The highest BCUT2D eigenvalue weighted by Gasteiger charge is 2.31.